The normalized spacial score (nSPS) is 10.5. The van der Waals surface area contributed by atoms with Crippen molar-refractivity contribution < 1.29 is 9.47 Å². The molecule has 0 spiro atoms. The number of pyridine rings is 1. The van der Waals surface area contributed by atoms with Crippen molar-refractivity contribution in [3.8, 4) is 11.5 Å². The Labute approximate surface area is 149 Å². The van der Waals surface area contributed by atoms with E-state index >= 15 is 0 Å². The second-order valence-corrected chi connectivity index (χ2v) is 5.47. The van der Waals surface area contributed by atoms with Crippen LogP contribution in [-0.2, 0) is 13.2 Å². The smallest absolute Gasteiger partial charge is 0.263 e. The first-order valence-corrected chi connectivity index (χ1v) is 8.08. The summed E-state index contributed by atoms with van der Waals surface area (Å²) >= 11 is 5.79. The van der Waals surface area contributed by atoms with Crippen molar-refractivity contribution in [1.82, 2.24) is 25.6 Å². The first-order valence-electron chi connectivity index (χ1n) is 7.71. The molecule has 0 saturated carbocycles. The van der Waals surface area contributed by atoms with Crippen LogP contribution < -0.4 is 14.8 Å². The molecule has 1 aromatic carbocycles. The molecular weight excluding hydrogens is 344 g/mol. The molecule has 130 valence electrons. The van der Waals surface area contributed by atoms with E-state index in [-0.39, 0.29) is 0 Å². The van der Waals surface area contributed by atoms with Crippen LogP contribution in [0.5, 0.6) is 11.5 Å². The zero-order valence-electron chi connectivity index (χ0n) is 13.6. The predicted octanol–water partition coefficient (Wildman–Crippen LogP) is 2.84. The number of halogens is 1. The molecule has 0 aliphatic carbocycles. The summed E-state index contributed by atoms with van der Waals surface area (Å²) in [6, 6.07) is 9.36. The number of ether oxygens (including phenoxy) is 2. The third-order valence-corrected chi connectivity index (χ3v) is 3.51. The van der Waals surface area contributed by atoms with E-state index in [0.717, 1.165) is 11.1 Å². The third kappa shape index (κ3) is 4.80. The highest BCUT2D eigenvalue weighted by molar-refractivity contribution is 6.29. The van der Waals surface area contributed by atoms with E-state index in [1.165, 1.54) is 0 Å². The maximum Gasteiger partial charge on any atom is 0.263 e. The maximum absolute atomic E-state index is 5.85. The number of benzene rings is 1. The Bertz CT molecular complexity index is 795. The summed E-state index contributed by atoms with van der Waals surface area (Å²) in [7, 11) is 0. The molecule has 2 aromatic heterocycles. The van der Waals surface area contributed by atoms with Gasteiger partial charge in [-0.3, -0.25) is 0 Å². The van der Waals surface area contributed by atoms with E-state index < -0.39 is 0 Å². The molecular formula is C16H17ClN6O2. The van der Waals surface area contributed by atoms with Gasteiger partial charge in [-0.05, 0) is 35.9 Å². The number of rotatable bonds is 8. The number of H-pyrrole nitrogens is 1. The predicted molar refractivity (Wildman–Crippen MR) is 92.7 cm³/mol. The van der Waals surface area contributed by atoms with Crippen LogP contribution in [0.25, 0.3) is 0 Å². The molecule has 0 unspecified atom stereocenters. The summed E-state index contributed by atoms with van der Waals surface area (Å²) in [5.74, 6) is 1.78. The van der Waals surface area contributed by atoms with Crippen LogP contribution in [0, 0.1) is 0 Å². The quantitative estimate of drug-likeness (QED) is 0.596. The fourth-order valence-corrected chi connectivity index (χ4v) is 2.23. The van der Waals surface area contributed by atoms with Gasteiger partial charge in [-0.25, -0.2) is 4.98 Å². The maximum atomic E-state index is 5.85. The molecule has 3 aromatic rings. The van der Waals surface area contributed by atoms with Crippen molar-refractivity contribution in [2.24, 2.45) is 0 Å². The van der Waals surface area contributed by atoms with Gasteiger partial charge in [0.25, 0.3) is 5.95 Å². The Balaban J connectivity index is 1.66. The summed E-state index contributed by atoms with van der Waals surface area (Å²) in [6.45, 7) is 3.39. The van der Waals surface area contributed by atoms with Gasteiger partial charge >= 0.3 is 0 Å². The molecule has 0 amide bonds. The Hall–Kier alpha value is -2.87. The molecule has 25 heavy (non-hydrogen) atoms. The first-order chi connectivity index (χ1) is 12.2. The molecule has 0 bridgehead atoms. The van der Waals surface area contributed by atoms with Gasteiger partial charge in [-0.2, -0.15) is 5.21 Å². The number of nitrogens with one attached hydrogen (secondary N) is 2. The van der Waals surface area contributed by atoms with Crippen molar-refractivity contribution in [3.63, 3.8) is 0 Å². The van der Waals surface area contributed by atoms with Crippen molar-refractivity contribution in [2.45, 2.75) is 20.1 Å². The van der Waals surface area contributed by atoms with E-state index in [1.54, 1.807) is 12.3 Å². The van der Waals surface area contributed by atoms with E-state index in [1.807, 2.05) is 31.2 Å². The van der Waals surface area contributed by atoms with Crippen LogP contribution in [0.4, 0.5) is 5.95 Å². The van der Waals surface area contributed by atoms with Crippen molar-refractivity contribution >= 4 is 17.5 Å². The van der Waals surface area contributed by atoms with Gasteiger partial charge in [0.15, 0.2) is 11.5 Å². The van der Waals surface area contributed by atoms with Gasteiger partial charge in [-0.15, -0.1) is 5.10 Å². The summed E-state index contributed by atoms with van der Waals surface area (Å²) in [5, 5.41) is 17.1. The Kier molecular flexibility index (Phi) is 5.63. The largest absolute Gasteiger partial charge is 0.490 e. The molecule has 2 heterocycles. The topological polar surface area (TPSA) is 97.8 Å². The molecule has 0 aliphatic rings. The third-order valence-electron chi connectivity index (χ3n) is 3.29. The molecule has 8 nitrogen and oxygen atoms in total. The first kappa shape index (κ1) is 17.0. The molecule has 3 rings (SSSR count). The minimum Gasteiger partial charge on any atom is -0.490 e. The van der Waals surface area contributed by atoms with Crippen LogP contribution in [-0.4, -0.2) is 32.2 Å². The van der Waals surface area contributed by atoms with E-state index in [9.17, 15) is 0 Å². The van der Waals surface area contributed by atoms with Crippen LogP contribution >= 0.6 is 11.6 Å². The number of tetrazole rings is 1. The highest BCUT2D eigenvalue weighted by Gasteiger charge is 2.08. The lowest BCUT2D eigenvalue weighted by molar-refractivity contribution is 0.269. The molecule has 0 radical (unpaired) electrons. The second-order valence-electron chi connectivity index (χ2n) is 5.08. The Morgan fingerprint density at radius 2 is 2.00 bits per heavy atom. The lowest BCUT2D eigenvalue weighted by atomic mass is 10.2. The van der Waals surface area contributed by atoms with E-state index in [0.29, 0.717) is 42.4 Å². The van der Waals surface area contributed by atoms with Crippen molar-refractivity contribution in [3.05, 3.63) is 52.8 Å². The average Bonchev–Trinajstić information content (AvgIpc) is 3.14. The van der Waals surface area contributed by atoms with Gasteiger partial charge in [0, 0.05) is 18.3 Å². The molecule has 0 atom stereocenters. The summed E-state index contributed by atoms with van der Waals surface area (Å²) in [4.78, 5) is 4.04. The van der Waals surface area contributed by atoms with Crippen LogP contribution in [0.3, 0.4) is 0 Å². The van der Waals surface area contributed by atoms with Crippen LogP contribution in [0.15, 0.2) is 36.5 Å². The van der Waals surface area contributed by atoms with Gasteiger partial charge in [0.2, 0.25) is 0 Å². The number of aromatic nitrogens is 5. The number of hydrogen-bond donors (Lipinski definition) is 2. The molecule has 9 heteroatoms. The molecule has 2 N–H and O–H groups in total. The van der Waals surface area contributed by atoms with Crippen LogP contribution in [0.1, 0.15) is 18.1 Å². The second kappa shape index (κ2) is 8.29. The van der Waals surface area contributed by atoms with E-state index in [2.05, 4.69) is 30.9 Å². The van der Waals surface area contributed by atoms with E-state index in [4.69, 9.17) is 21.1 Å². The Morgan fingerprint density at radius 3 is 2.72 bits per heavy atom. The number of nitrogens with zero attached hydrogens (tertiary/aromatic N) is 4. The summed E-state index contributed by atoms with van der Waals surface area (Å²) in [6.07, 6.45) is 1.69. The average molecular weight is 361 g/mol. The van der Waals surface area contributed by atoms with Crippen molar-refractivity contribution in [2.75, 3.05) is 11.9 Å². The molecule has 0 saturated heterocycles. The van der Waals surface area contributed by atoms with Gasteiger partial charge in [0.1, 0.15) is 11.8 Å². The standard InChI is InChI=1S/C16H17ClN6O2/c1-2-24-14-7-11(8-19-16-20-22-23-21-16)3-5-13(14)25-10-12-4-6-15(17)18-9-12/h3-7,9H,2,8,10H2,1H3,(H2,19,20,21,22,23). The number of hydrogen-bond acceptors (Lipinski definition) is 7. The Morgan fingerprint density at radius 1 is 1.12 bits per heavy atom. The minimum absolute atomic E-state index is 0.380. The zero-order chi connectivity index (χ0) is 17.5. The summed E-state index contributed by atoms with van der Waals surface area (Å²) < 4.78 is 11.5. The fourth-order valence-electron chi connectivity index (χ4n) is 2.12. The van der Waals surface area contributed by atoms with Crippen LogP contribution in [0.2, 0.25) is 5.15 Å². The monoisotopic (exact) mass is 360 g/mol. The highest BCUT2D eigenvalue weighted by Crippen LogP contribution is 2.29. The minimum atomic E-state index is 0.380. The van der Waals surface area contributed by atoms with Gasteiger partial charge in [0.05, 0.1) is 6.61 Å². The van der Waals surface area contributed by atoms with Gasteiger partial charge < -0.3 is 14.8 Å². The zero-order valence-corrected chi connectivity index (χ0v) is 14.3. The number of aromatic amines is 1. The lowest BCUT2D eigenvalue weighted by Crippen LogP contribution is -2.04. The molecule has 0 aliphatic heterocycles. The highest BCUT2D eigenvalue weighted by atomic mass is 35.5. The van der Waals surface area contributed by atoms with Crippen molar-refractivity contribution in [1.29, 1.82) is 0 Å². The molecule has 0 fully saturated rings. The number of anilines is 1. The van der Waals surface area contributed by atoms with Gasteiger partial charge in [-0.1, -0.05) is 28.8 Å². The lowest BCUT2D eigenvalue weighted by Gasteiger charge is -2.13. The summed E-state index contributed by atoms with van der Waals surface area (Å²) in [5.41, 5.74) is 1.93. The fraction of sp³-hybridized carbons (Fsp3) is 0.250. The SMILES string of the molecule is CCOc1cc(CNc2nn[nH]n2)ccc1OCc1ccc(Cl)nc1.